The molecular weight excluding hydrogens is 398 g/mol. The van der Waals surface area contributed by atoms with Gasteiger partial charge in [-0.25, -0.2) is 0 Å². The third kappa shape index (κ3) is 3.97. The second-order valence-electron chi connectivity index (χ2n) is 10.2. The van der Waals surface area contributed by atoms with Crippen LogP contribution in [0, 0.1) is 0 Å². The zero-order chi connectivity index (χ0) is 22.2. The van der Waals surface area contributed by atoms with E-state index < -0.39 is 0 Å². The predicted octanol–water partition coefficient (Wildman–Crippen LogP) is 7.85. The van der Waals surface area contributed by atoms with Gasteiger partial charge in [0.15, 0.2) is 0 Å². The number of allylic oxidation sites excluding steroid dienone is 4. The number of hydrogen-bond donors (Lipinski definition) is 0. The molecule has 0 aromatic heterocycles. The normalized spacial score (nSPS) is 20.3. The van der Waals surface area contributed by atoms with Crippen molar-refractivity contribution in [3.05, 3.63) is 100 Å². The Morgan fingerprint density at radius 2 is 1.85 bits per heavy atom. The maximum atomic E-state index is 2.69. The standard InChI is InChI=1S/C32H35N/c1-2-28-13-7-19-33(28)22-24-9-5-8-23(20-24)21-27-12-6-11-26-16-17-30-29-14-4-3-10-25(29)15-18-31(30)32(26)27/h4-6,8-9,11-12,14,16-17,20,28H,2-3,7,10,13,15,18-19,21-22H2,1H3. The molecule has 0 N–H and O–H groups in total. The fourth-order valence-electron chi connectivity index (χ4n) is 6.58. The molecule has 1 fully saturated rings. The van der Waals surface area contributed by atoms with Crippen LogP contribution >= 0.6 is 0 Å². The second kappa shape index (κ2) is 8.95. The molecule has 1 unspecified atom stereocenters. The minimum absolute atomic E-state index is 0.770. The molecule has 0 radical (unpaired) electrons. The molecule has 0 saturated carbocycles. The predicted molar refractivity (Wildman–Crippen MR) is 141 cm³/mol. The molecule has 0 amide bonds. The van der Waals surface area contributed by atoms with Crippen molar-refractivity contribution in [2.24, 2.45) is 0 Å². The second-order valence-corrected chi connectivity index (χ2v) is 10.2. The lowest BCUT2D eigenvalue weighted by Gasteiger charge is -2.26. The van der Waals surface area contributed by atoms with Crippen molar-refractivity contribution in [2.75, 3.05) is 6.54 Å². The van der Waals surface area contributed by atoms with E-state index in [1.165, 1.54) is 90.1 Å². The van der Waals surface area contributed by atoms with Gasteiger partial charge in [0.25, 0.3) is 0 Å². The molecule has 0 spiro atoms. The molecule has 6 rings (SSSR count). The molecule has 3 aromatic rings. The van der Waals surface area contributed by atoms with Crippen LogP contribution < -0.4 is 0 Å². The van der Waals surface area contributed by atoms with Crippen LogP contribution in [0.5, 0.6) is 0 Å². The molecule has 3 aliphatic rings. The van der Waals surface area contributed by atoms with E-state index in [9.17, 15) is 0 Å². The number of rotatable bonds is 5. The SMILES string of the molecule is CCC1CCCN1Cc1cccc(Cc2cccc3ccc4c(c23)CCC2=C4C=CCC2)c1. The van der Waals surface area contributed by atoms with Crippen molar-refractivity contribution in [3.63, 3.8) is 0 Å². The molecule has 1 atom stereocenters. The van der Waals surface area contributed by atoms with Gasteiger partial charge in [0, 0.05) is 12.6 Å². The first-order valence-electron chi connectivity index (χ1n) is 13.0. The molecule has 1 nitrogen and oxygen atoms in total. The average molecular weight is 434 g/mol. The van der Waals surface area contributed by atoms with E-state index in [-0.39, 0.29) is 0 Å². The van der Waals surface area contributed by atoms with Crippen molar-refractivity contribution < 1.29 is 0 Å². The zero-order valence-electron chi connectivity index (χ0n) is 19.9. The first-order chi connectivity index (χ1) is 16.3. The summed E-state index contributed by atoms with van der Waals surface area (Å²) >= 11 is 0. The van der Waals surface area contributed by atoms with Crippen LogP contribution in [-0.2, 0) is 19.4 Å². The molecule has 1 heterocycles. The smallest absolute Gasteiger partial charge is 0.0236 e. The lowest BCUT2D eigenvalue weighted by Crippen LogP contribution is -2.28. The zero-order valence-corrected chi connectivity index (χ0v) is 19.9. The summed E-state index contributed by atoms with van der Waals surface area (Å²) in [5, 5.41) is 2.91. The number of hydrogen-bond acceptors (Lipinski definition) is 1. The van der Waals surface area contributed by atoms with Gasteiger partial charge >= 0.3 is 0 Å². The van der Waals surface area contributed by atoms with Gasteiger partial charge in [-0.05, 0) is 102 Å². The summed E-state index contributed by atoms with van der Waals surface area (Å²) in [5.74, 6) is 0. The lowest BCUT2D eigenvalue weighted by molar-refractivity contribution is 0.240. The van der Waals surface area contributed by atoms with Crippen LogP contribution in [-0.4, -0.2) is 17.5 Å². The van der Waals surface area contributed by atoms with E-state index >= 15 is 0 Å². The molecule has 1 heteroatoms. The van der Waals surface area contributed by atoms with Gasteiger partial charge in [-0.2, -0.15) is 0 Å². The summed E-state index contributed by atoms with van der Waals surface area (Å²) in [6, 6.07) is 21.8. The molecule has 33 heavy (non-hydrogen) atoms. The minimum Gasteiger partial charge on any atom is -0.296 e. The fourth-order valence-corrected chi connectivity index (χ4v) is 6.58. The maximum absolute atomic E-state index is 2.69. The molecule has 1 aliphatic heterocycles. The maximum Gasteiger partial charge on any atom is 0.0236 e. The van der Waals surface area contributed by atoms with Gasteiger partial charge in [0.05, 0.1) is 0 Å². The number of benzene rings is 3. The molecular formula is C32H35N. The van der Waals surface area contributed by atoms with Gasteiger partial charge in [-0.1, -0.05) is 79.2 Å². The Balaban J connectivity index is 1.34. The number of likely N-dealkylation sites (tertiary alicyclic amines) is 1. The van der Waals surface area contributed by atoms with Crippen LogP contribution in [0.4, 0.5) is 0 Å². The van der Waals surface area contributed by atoms with Gasteiger partial charge in [0.2, 0.25) is 0 Å². The van der Waals surface area contributed by atoms with Crippen molar-refractivity contribution in [3.8, 4) is 0 Å². The van der Waals surface area contributed by atoms with Crippen LogP contribution in [0.1, 0.15) is 73.3 Å². The van der Waals surface area contributed by atoms with Crippen molar-refractivity contribution in [1.29, 1.82) is 0 Å². The van der Waals surface area contributed by atoms with Crippen LogP contribution in [0.3, 0.4) is 0 Å². The third-order valence-corrected chi connectivity index (χ3v) is 8.23. The lowest BCUT2D eigenvalue weighted by atomic mass is 9.78. The molecule has 1 saturated heterocycles. The highest BCUT2D eigenvalue weighted by Gasteiger charge is 2.23. The number of fused-ring (bicyclic) bond motifs is 4. The summed E-state index contributed by atoms with van der Waals surface area (Å²) in [6.45, 7) is 4.69. The highest BCUT2D eigenvalue weighted by atomic mass is 15.2. The van der Waals surface area contributed by atoms with E-state index in [1.807, 2.05) is 0 Å². The van der Waals surface area contributed by atoms with E-state index in [2.05, 4.69) is 78.6 Å². The van der Waals surface area contributed by atoms with Crippen LogP contribution in [0.15, 0.2) is 72.3 Å². The summed E-state index contributed by atoms with van der Waals surface area (Å²) in [5.41, 5.74) is 10.6. The molecule has 3 aromatic carbocycles. The fraction of sp³-hybridized carbons (Fsp3) is 0.375. The van der Waals surface area contributed by atoms with Crippen LogP contribution in [0.25, 0.3) is 16.3 Å². The van der Waals surface area contributed by atoms with E-state index in [0.29, 0.717) is 0 Å². The van der Waals surface area contributed by atoms with Crippen molar-refractivity contribution >= 4 is 16.3 Å². The molecule has 0 bridgehead atoms. The number of aryl methyl sites for hydroxylation is 1. The quantitative estimate of drug-likeness (QED) is 0.396. The number of nitrogens with zero attached hydrogens (tertiary/aromatic N) is 1. The Morgan fingerprint density at radius 3 is 2.79 bits per heavy atom. The third-order valence-electron chi connectivity index (χ3n) is 8.23. The Hall–Kier alpha value is -2.64. The molecule has 2 aliphatic carbocycles. The summed E-state index contributed by atoms with van der Waals surface area (Å²) in [7, 11) is 0. The van der Waals surface area contributed by atoms with Gasteiger partial charge in [0.1, 0.15) is 0 Å². The average Bonchev–Trinajstić information content (AvgIpc) is 3.31. The van der Waals surface area contributed by atoms with Crippen molar-refractivity contribution in [1.82, 2.24) is 4.90 Å². The summed E-state index contributed by atoms with van der Waals surface area (Å²) in [4.78, 5) is 2.69. The van der Waals surface area contributed by atoms with E-state index in [0.717, 1.165) is 19.0 Å². The Kier molecular flexibility index (Phi) is 5.68. The highest BCUT2D eigenvalue weighted by Crippen LogP contribution is 2.41. The van der Waals surface area contributed by atoms with Gasteiger partial charge in [-0.3, -0.25) is 4.90 Å². The Morgan fingerprint density at radius 1 is 0.939 bits per heavy atom. The van der Waals surface area contributed by atoms with Crippen molar-refractivity contribution in [2.45, 2.75) is 70.9 Å². The molecule has 168 valence electrons. The first-order valence-corrected chi connectivity index (χ1v) is 13.0. The van der Waals surface area contributed by atoms with Gasteiger partial charge < -0.3 is 0 Å². The van der Waals surface area contributed by atoms with E-state index in [4.69, 9.17) is 0 Å². The first kappa shape index (κ1) is 20.9. The Bertz CT molecular complexity index is 1240. The van der Waals surface area contributed by atoms with Gasteiger partial charge in [-0.15, -0.1) is 0 Å². The highest BCUT2D eigenvalue weighted by molar-refractivity contribution is 5.96. The summed E-state index contributed by atoms with van der Waals surface area (Å²) in [6.07, 6.45) is 14.6. The van der Waals surface area contributed by atoms with Crippen LogP contribution in [0.2, 0.25) is 0 Å². The summed E-state index contributed by atoms with van der Waals surface area (Å²) < 4.78 is 0. The Labute approximate surface area is 198 Å². The van der Waals surface area contributed by atoms with E-state index in [1.54, 1.807) is 11.1 Å². The largest absolute Gasteiger partial charge is 0.296 e. The minimum atomic E-state index is 0.770. The topological polar surface area (TPSA) is 3.24 Å². The monoisotopic (exact) mass is 433 g/mol.